The average Bonchev–Trinajstić information content (AvgIpc) is 2.51. The van der Waals surface area contributed by atoms with E-state index in [2.05, 4.69) is 54.6 Å². The SMILES string of the molecule is Cc1cccc(N2NC=CC2C)c1. The molecular formula is C11H14N2. The Bertz CT molecular complexity index is 331. The summed E-state index contributed by atoms with van der Waals surface area (Å²) >= 11 is 0. The Morgan fingerprint density at radius 1 is 1.38 bits per heavy atom. The van der Waals surface area contributed by atoms with Gasteiger partial charge in [0, 0.05) is 6.20 Å². The van der Waals surface area contributed by atoms with Crippen LogP contribution in [0.5, 0.6) is 0 Å². The number of hydrogen-bond donors (Lipinski definition) is 1. The summed E-state index contributed by atoms with van der Waals surface area (Å²) in [5.41, 5.74) is 5.71. The van der Waals surface area contributed by atoms with Crippen LogP contribution in [-0.4, -0.2) is 6.04 Å². The van der Waals surface area contributed by atoms with Gasteiger partial charge in [-0.25, -0.2) is 0 Å². The van der Waals surface area contributed by atoms with Gasteiger partial charge in [-0.05, 0) is 37.6 Å². The Labute approximate surface area is 78.8 Å². The van der Waals surface area contributed by atoms with E-state index in [4.69, 9.17) is 0 Å². The first-order valence-corrected chi connectivity index (χ1v) is 4.56. The second-order valence-corrected chi connectivity index (χ2v) is 3.44. The van der Waals surface area contributed by atoms with Gasteiger partial charge in [-0.2, -0.15) is 0 Å². The molecule has 1 atom stereocenters. The van der Waals surface area contributed by atoms with Crippen molar-refractivity contribution in [3.63, 3.8) is 0 Å². The lowest BCUT2D eigenvalue weighted by Gasteiger charge is -2.24. The molecule has 1 unspecified atom stereocenters. The number of anilines is 1. The fraction of sp³-hybridized carbons (Fsp3) is 0.273. The Hall–Kier alpha value is -1.44. The second-order valence-electron chi connectivity index (χ2n) is 3.44. The zero-order valence-electron chi connectivity index (χ0n) is 7.99. The summed E-state index contributed by atoms with van der Waals surface area (Å²) in [5, 5.41) is 2.15. The summed E-state index contributed by atoms with van der Waals surface area (Å²) in [7, 11) is 0. The zero-order chi connectivity index (χ0) is 9.26. The van der Waals surface area contributed by atoms with Gasteiger partial charge in [0.25, 0.3) is 0 Å². The highest BCUT2D eigenvalue weighted by atomic mass is 15.5. The minimum Gasteiger partial charge on any atom is -0.305 e. The van der Waals surface area contributed by atoms with Crippen LogP contribution in [0.1, 0.15) is 12.5 Å². The van der Waals surface area contributed by atoms with Crippen molar-refractivity contribution in [3.8, 4) is 0 Å². The van der Waals surface area contributed by atoms with Crippen molar-refractivity contribution < 1.29 is 0 Å². The molecule has 0 saturated carbocycles. The van der Waals surface area contributed by atoms with Crippen molar-refractivity contribution in [3.05, 3.63) is 42.1 Å². The van der Waals surface area contributed by atoms with Gasteiger partial charge in [0.2, 0.25) is 0 Å². The lowest BCUT2D eigenvalue weighted by molar-refractivity contribution is 0.728. The summed E-state index contributed by atoms with van der Waals surface area (Å²) < 4.78 is 0. The lowest BCUT2D eigenvalue weighted by atomic mass is 10.2. The monoisotopic (exact) mass is 174 g/mol. The van der Waals surface area contributed by atoms with Crippen molar-refractivity contribution >= 4 is 5.69 Å². The third kappa shape index (κ3) is 1.52. The Kier molecular flexibility index (Phi) is 1.97. The lowest BCUT2D eigenvalue weighted by Crippen LogP contribution is -2.35. The highest BCUT2D eigenvalue weighted by Crippen LogP contribution is 2.19. The van der Waals surface area contributed by atoms with E-state index in [-0.39, 0.29) is 0 Å². The molecule has 0 radical (unpaired) electrons. The number of nitrogens with one attached hydrogen (secondary N) is 1. The van der Waals surface area contributed by atoms with Gasteiger partial charge in [-0.15, -0.1) is 0 Å². The number of nitrogens with zero attached hydrogens (tertiary/aromatic N) is 1. The van der Waals surface area contributed by atoms with E-state index in [9.17, 15) is 0 Å². The third-order valence-corrected chi connectivity index (χ3v) is 2.28. The van der Waals surface area contributed by atoms with Crippen LogP contribution in [-0.2, 0) is 0 Å². The van der Waals surface area contributed by atoms with Gasteiger partial charge in [0.1, 0.15) is 0 Å². The fourth-order valence-electron chi connectivity index (χ4n) is 1.55. The van der Waals surface area contributed by atoms with Crippen LogP contribution in [0.15, 0.2) is 36.5 Å². The predicted molar refractivity (Wildman–Crippen MR) is 55.4 cm³/mol. The van der Waals surface area contributed by atoms with Crippen molar-refractivity contribution in [2.24, 2.45) is 0 Å². The van der Waals surface area contributed by atoms with Crippen LogP contribution >= 0.6 is 0 Å². The zero-order valence-corrected chi connectivity index (χ0v) is 7.99. The molecule has 0 aliphatic carbocycles. The fourth-order valence-corrected chi connectivity index (χ4v) is 1.55. The first-order valence-electron chi connectivity index (χ1n) is 4.56. The molecule has 1 heterocycles. The van der Waals surface area contributed by atoms with E-state index in [1.165, 1.54) is 11.3 Å². The first-order chi connectivity index (χ1) is 6.27. The second kappa shape index (κ2) is 3.13. The molecule has 0 aromatic heterocycles. The molecule has 1 aromatic carbocycles. The van der Waals surface area contributed by atoms with E-state index in [0.717, 1.165) is 0 Å². The molecule has 1 aliphatic rings. The van der Waals surface area contributed by atoms with Crippen LogP contribution in [0.3, 0.4) is 0 Å². The largest absolute Gasteiger partial charge is 0.305 e. The van der Waals surface area contributed by atoms with Crippen molar-refractivity contribution in [1.82, 2.24) is 5.43 Å². The molecule has 0 saturated heterocycles. The highest BCUT2D eigenvalue weighted by molar-refractivity contribution is 5.50. The molecule has 2 nitrogen and oxygen atoms in total. The molecule has 1 aromatic rings. The molecule has 2 heteroatoms. The Morgan fingerprint density at radius 3 is 2.85 bits per heavy atom. The molecule has 68 valence electrons. The third-order valence-electron chi connectivity index (χ3n) is 2.28. The van der Waals surface area contributed by atoms with E-state index >= 15 is 0 Å². The van der Waals surface area contributed by atoms with Gasteiger partial charge in [0.05, 0.1) is 11.7 Å². The van der Waals surface area contributed by atoms with Crippen molar-refractivity contribution in [1.29, 1.82) is 0 Å². The maximum absolute atomic E-state index is 3.20. The van der Waals surface area contributed by atoms with Crippen LogP contribution in [0.25, 0.3) is 0 Å². The minimum atomic E-state index is 0.432. The Balaban J connectivity index is 2.26. The van der Waals surface area contributed by atoms with E-state index in [1.807, 2.05) is 6.20 Å². The minimum absolute atomic E-state index is 0.432. The molecule has 2 rings (SSSR count). The Morgan fingerprint density at radius 2 is 2.23 bits per heavy atom. The van der Waals surface area contributed by atoms with Crippen LogP contribution in [0, 0.1) is 6.92 Å². The molecular weight excluding hydrogens is 160 g/mol. The van der Waals surface area contributed by atoms with E-state index in [1.54, 1.807) is 0 Å². The summed E-state index contributed by atoms with van der Waals surface area (Å²) in [4.78, 5) is 0. The maximum atomic E-state index is 3.20. The molecule has 0 fully saturated rings. The summed E-state index contributed by atoms with van der Waals surface area (Å²) in [6.07, 6.45) is 4.12. The van der Waals surface area contributed by atoms with Gasteiger partial charge in [0.15, 0.2) is 0 Å². The summed E-state index contributed by atoms with van der Waals surface area (Å²) in [6.45, 7) is 4.27. The number of benzene rings is 1. The molecule has 1 aliphatic heterocycles. The number of hydrazine groups is 1. The summed E-state index contributed by atoms with van der Waals surface area (Å²) in [6, 6.07) is 8.91. The number of aryl methyl sites for hydroxylation is 1. The van der Waals surface area contributed by atoms with Gasteiger partial charge in [-0.3, -0.25) is 5.01 Å². The van der Waals surface area contributed by atoms with Crippen molar-refractivity contribution in [2.45, 2.75) is 19.9 Å². The van der Waals surface area contributed by atoms with E-state index in [0.29, 0.717) is 6.04 Å². The average molecular weight is 174 g/mol. The first kappa shape index (κ1) is 8.17. The maximum Gasteiger partial charge on any atom is 0.0673 e. The summed E-state index contributed by atoms with van der Waals surface area (Å²) in [5.74, 6) is 0. The number of rotatable bonds is 1. The molecule has 1 N–H and O–H groups in total. The topological polar surface area (TPSA) is 15.3 Å². The standard InChI is InChI=1S/C11H14N2/c1-9-4-3-5-11(8-9)13-10(2)6-7-12-13/h3-8,10,12H,1-2H3. The molecule has 13 heavy (non-hydrogen) atoms. The van der Waals surface area contributed by atoms with E-state index < -0.39 is 0 Å². The molecule has 0 spiro atoms. The van der Waals surface area contributed by atoms with Crippen molar-refractivity contribution in [2.75, 3.05) is 5.01 Å². The quantitative estimate of drug-likeness (QED) is 0.702. The highest BCUT2D eigenvalue weighted by Gasteiger charge is 2.14. The van der Waals surface area contributed by atoms with Crippen LogP contribution in [0.2, 0.25) is 0 Å². The predicted octanol–water partition coefficient (Wildman–Crippen LogP) is 2.22. The van der Waals surface area contributed by atoms with Gasteiger partial charge < -0.3 is 5.43 Å². The van der Waals surface area contributed by atoms with Gasteiger partial charge in [-0.1, -0.05) is 12.1 Å². The van der Waals surface area contributed by atoms with Gasteiger partial charge >= 0.3 is 0 Å². The molecule has 0 bridgehead atoms. The van der Waals surface area contributed by atoms with Crippen LogP contribution < -0.4 is 10.4 Å². The molecule has 0 amide bonds. The smallest absolute Gasteiger partial charge is 0.0673 e. The number of hydrogen-bond acceptors (Lipinski definition) is 2. The normalized spacial score (nSPS) is 20.5. The van der Waals surface area contributed by atoms with Crippen LogP contribution in [0.4, 0.5) is 5.69 Å².